The SMILES string of the molecule is S=c1[nH]c2cc(I)ccc2n1Cc1nccs1. The third-order valence-corrected chi connectivity index (χ3v) is 4.27. The minimum absolute atomic E-state index is 0.733. The van der Waals surface area contributed by atoms with Crippen molar-refractivity contribution < 1.29 is 0 Å². The molecule has 0 radical (unpaired) electrons. The van der Waals surface area contributed by atoms with Crippen molar-refractivity contribution in [3.05, 3.63) is 43.1 Å². The number of thiazole rings is 1. The fourth-order valence-electron chi connectivity index (χ4n) is 1.76. The topological polar surface area (TPSA) is 33.6 Å². The Bertz CT molecular complexity index is 712. The highest BCUT2D eigenvalue weighted by Gasteiger charge is 2.06. The zero-order chi connectivity index (χ0) is 11.8. The number of fused-ring (bicyclic) bond motifs is 1. The van der Waals surface area contributed by atoms with Crippen LogP contribution in [-0.2, 0) is 6.54 Å². The Kier molecular flexibility index (Phi) is 3.01. The van der Waals surface area contributed by atoms with Crippen molar-refractivity contribution in [2.75, 3.05) is 0 Å². The van der Waals surface area contributed by atoms with Gasteiger partial charge in [-0.05, 0) is 53.0 Å². The second-order valence-corrected chi connectivity index (χ2v) is 6.22. The van der Waals surface area contributed by atoms with Crippen LogP contribution in [0.4, 0.5) is 0 Å². The molecule has 2 heterocycles. The molecule has 0 fully saturated rings. The number of nitrogens with zero attached hydrogens (tertiary/aromatic N) is 2. The van der Waals surface area contributed by atoms with Crippen LogP contribution in [0, 0.1) is 8.34 Å². The molecule has 0 aliphatic heterocycles. The maximum absolute atomic E-state index is 5.35. The third kappa shape index (κ3) is 2.16. The molecule has 0 atom stereocenters. The molecule has 0 unspecified atom stereocenters. The van der Waals surface area contributed by atoms with Crippen molar-refractivity contribution in [1.29, 1.82) is 0 Å². The van der Waals surface area contributed by atoms with Gasteiger partial charge in [-0.25, -0.2) is 4.98 Å². The number of halogens is 1. The van der Waals surface area contributed by atoms with E-state index in [1.54, 1.807) is 11.3 Å². The molecule has 0 aliphatic rings. The van der Waals surface area contributed by atoms with Crippen molar-refractivity contribution in [2.24, 2.45) is 0 Å². The summed E-state index contributed by atoms with van der Waals surface area (Å²) < 4.78 is 4.03. The number of benzene rings is 1. The number of hydrogen-bond donors (Lipinski definition) is 1. The number of nitrogens with one attached hydrogen (secondary N) is 1. The van der Waals surface area contributed by atoms with Crippen LogP contribution in [0.1, 0.15) is 5.01 Å². The predicted molar refractivity (Wildman–Crippen MR) is 81.1 cm³/mol. The Morgan fingerprint density at radius 1 is 1.47 bits per heavy atom. The summed E-state index contributed by atoms with van der Waals surface area (Å²) in [6.45, 7) is 0.733. The van der Waals surface area contributed by atoms with Gasteiger partial charge >= 0.3 is 0 Å². The molecule has 86 valence electrons. The van der Waals surface area contributed by atoms with Crippen LogP contribution in [0.2, 0.25) is 0 Å². The highest BCUT2D eigenvalue weighted by Crippen LogP contribution is 2.19. The molecule has 3 nitrogen and oxygen atoms in total. The molecule has 6 heteroatoms. The summed E-state index contributed by atoms with van der Waals surface area (Å²) in [7, 11) is 0. The summed E-state index contributed by atoms with van der Waals surface area (Å²) in [5, 5.41) is 3.05. The van der Waals surface area contributed by atoms with Crippen molar-refractivity contribution in [3.63, 3.8) is 0 Å². The molecule has 0 saturated carbocycles. The van der Waals surface area contributed by atoms with Crippen LogP contribution in [0.5, 0.6) is 0 Å². The minimum Gasteiger partial charge on any atom is -0.331 e. The molecule has 0 saturated heterocycles. The lowest BCUT2D eigenvalue weighted by Gasteiger charge is -2.01. The predicted octanol–water partition coefficient (Wildman–Crippen LogP) is 3.81. The second-order valence-electron chi connectivity index (χ2n) is 3.60. The fourth-order valence-corrected chi connectivity index (χ4v) is 3.13. The van der Waals surface area contributed by atoms with Crippen molar-refractivity contribution in [3.8, 4) is 0 Å². The van der Waals surface area contributed by atoms with Gasteiger partial charge in [-0.15, -0.1) is 11.3 Å². The highest BCUT2D eigenvalue weighted by atomic mass is 127. The molecule has 3 aromatic rings. The maximum atomic E-state index is 5.35. The summed E-state index contributed by atoms with van der Waals surface area (Å²) in [6.07, 6.45) is 1.82. The van der Waals surface area contributed by atoms with Crippen LogP contribution in [-0.4, -0.2) is 14.5 Å². The molecule has 0 amide bonds. The number of imidazole rings is 1. The quantitative estimate of drug-likeness (QED) is 0.548. The summed E-state index contributed by atoms with van der Waals surface area (Å²) in [6, 6.07) is 6.28. The molecule has 0 bridgehead atoms. The summed E-state index contributed by atoms with van der Waals surface area (Å²) >= 11 is 9.30. The van der Waals surface area contributed by atoms with E-state index in [0.717, 1.165) is 27.4 Å². The van der Waals surface area contributed by atoms with E-state index in [-0.39, 0.29) is 0 Å². The molecule has 17 heavy (non-hydrogen) atoms. The molecule has 1 N–H and O–H groups in total. The molecule has 0 aliphatic carbocycles. The van der Waals surface area contributed by atoms with Crippen LogP contribution >= 0.6 is 46.1 Å². The largest absolute Gasteiger partial charge is 0.331 e. The van der Waals surface area contributed by atoms with Crippen molar-refractivity contribution >= 4 is 57.2 Å². The Balaban J connectivity index is 2.16. The monoisotopic (exact) mass is 373 g/mol. The van der Waals surface area contributed by atoms with E-state index in [4.69, 9.17) is 12.2 Å². The number of aromatic nitrogens is 3. The van der Waals surface area contributed by atoms with Crippen LogP contribution < -0.4 is 0 Å². The molecule has 1 aromatic carbocycles. The lowest BCUT2D eigenvalue weighted by molar-refractivity contribution is 0.803. The number of H-pyrrole nitrogens is 1. The van der Waals surface area contributed by atoms with Gasteiger partial charge in [0, 0.05) is 15.1 Å². The Morgan fingerprint density at radius 3 is 3.12 bits per heavy atom. The van der Waals surface area contributed by atoms with Gasteiger partial charge in [0.15, 0.2) is 4.77 Å². The first-order valence-electron chi connectivity index (χ1n) is 5.00. The van der Waals surface area contributed by atoms with Gasteiger partial charge in [0.05, 0.1) is 17.6 Å². The van der Waals surface area contributed by atoms with Gasteiger partial charge < -0.3 is 9.55 Å². The molecule has 3 rings (SSSR count). The first-order chi connectivity index (χ1) is 8.24. The van der Waals surface area contributed by atoms with Gasteiger partial charge in [0.1, 0.15) is 5.01 Å². The third-order valence-electron chi connectivity index (χ3n) is 2.51. The Labute approximate surface area is 121 Å². The lowest BCUT2D eigenvalue weighted by Crippen LogP contribution is -1.98. The van der Waals surface area contributed by atoms with E-state index >= 15 is 0 Å². The van der Waals surface area contributed by atoms with E-state index < -0.39 is 0 Å². The van der Waals surface area contributed by atoms with Crippen LogP contribution in [0.25, 0.3) is 11.0 Å². The maximum Gasteiger partial charge on any atom is 0.178 e. The summed E-state index contributed by atoms with van der Waals surface area (Å²) in [4.78, 5) is 7.52. The molecular weight excluding hydrogens is 365 g/mol. The average molecular weight is 373 g/mol. The van der Waals surface area contributed by atoms with Crippen molar-refractivity contribution in [1.82, 2.24) is 14.5 Å². The van der Waals surface area contributed by atoms with E-state index in [1.165, 1.54) is 3.57 Å². The summed E-state index contributed by atoms with van der Waals surface area (Å²) in [5.41, 5.74) is 2.21. The van der Waals surface area contributed by atoms with Crippen molar-refractivity contribution in [2.45, 2.75) is 6.54 Å². The number of hydrogen-bond acceptors (Lipinski definition) is 3. The van der Waals surface area contributed by atoms with Gasteiger partial charge in [-0.1, -0.05) is 0 Å². The zero-order valence-corrected chi connectivity index (χ0v) is 12.5. The van der Waals surface area contributed by atoms with Crippen LogP contribution in [0.3, 0.4) is 0 Å². The molecule has 2 aromatic heterocycles. The van der Waals surface area contributed by atoms with E-state index in [0.29, 0.717) is 0 Å². The smallest absolute Gasteiger partial charge is 0.178 e. The number of rotatable bonds is 2. The first-order valence-corrected chi connectivity index (χ1v) is 7.37. The average Bonchev–Trinajstić information content (AvgIpc) is 2.88. The molecule has 0 spiro atoms. The standard InChI is InChI=1S/C11H8IN3S2/c12-7-1-2-9-8(5-7)14-11(16)15(9)6-10-13-3-4-17-10/h1-5H,6H2,(H,14,16). The lowest BCUT2D eigenvalue weighted by atomic mass is 10.3. The minimum atomic E-state index is 0.733. The van der Waals surface area contributed by atoms with Gasteiger partial charge in [-0.3, -0.25) is 0 Å². The van der Waals surface area contributed by atoms with Gasteiger partial charge in [0.25, 0.3) is 0 Å². The highest BCUT2D eigenvalue weighted by molar-refractivity contribution is 14.1. The number of aromatic amines is 1. The van der Waals surface area contributed by atoms with Crippen LogP contribution in [0.15, 0.2) is 29.8 Å². The van der Waals surface area contributed by atoms with Gasteiger partial charge in [0.2, 0.25) is 0 Å². The normalized spacial score (nSPS) is 11.1. The first kappa shape index (κ1) is 11.4. The Hall–Kier alpha value is -0.730. The Morgan fingerprint density at radius 2 is 2.35 bits per heavy atom. The van der Waals surface area contributed by atoms with E-state index in [2.05, 4.69) is 55.3 Å². The second kappa shape index (κ2) is 4.51. The molecular formula is C11H8IN3S2. The fraction of sp³-hybridized carbons (Fsp3) is 0.0909. The van der Waals surface area contributed by atoms with Gasteiger partial charge in [-0.2, -0.15) is 0 Å². The van der Waals surface area contributed by atoms with E-state index in [9.17, 15) is 0 Å². The van der Waals surface area contributed by atoms with E-state index in [1.807, 2.05) is 11.6 Å². The summed E-state index contributed by atoms with van der Waals surface area (Å²) in [5.74, 6) is 0. The zero-order valence-electron chi connectivity index (χ0n) is 8.68.